The number of nitrogens with one attached hydrogen (secondary N) is 1. The van der Waals surface area contributed by atoms with Gasteiger partial charge in [0.2, 0.25) is 0 Å². The zero-order valence-electron chi connectivity index (χ0n) is 13.1. The summed E-state index contributed by atoms with van der Waals surface area (Å²) in [6.07, 6.45) is -2.42. The minimum Gasteiger partial charge on any atom is -0.483 e. The van der Waals surface area contributed by atoms with E-state index in [2.05, 4.69) is 17.5 Å². The number of fused-ring (bicyclic) bond motifs is 1. The highest BCUT2D eigenvalue weighted by molar-refractivity contribution is 7.81. The summed E-state index contributed by atoms with van der Waals surface area (Å²) in [6.45, 7) is 3.81. The Morgan fingerprint density at radius 3 is 2.29 bits per heavy atom. The molecule has 0 aromatic heterocycles. The van der Waals surface area contributed by atoms with Gasteiger partial charge in [0, 0.05) is 17.3 Å². The summed E-state index contributed by atoms with van der Waals surface area (Å²) < 4.78 is 47.0. The highest BCUT2D eigenvalue weighted by Crippen LogP contribution is 2.41. The molecule has 0 saturated carbocycles. The maximum absolute atomic E-state index is 12.8. The van der Waals surface area contributed by atoms with E-state index >= 15 is 0 Å². The van der Waals surface area contributed by atoms with E-state index in [0.29, 0.717) is 11.3 Å². The van der Waals surface area contributed by atoms with Crippen LogP contribution in [0.5, 0.6) is 5.75 Å². The van der Waals surface area contributed by atoms with Crippen LogP contribution >= 0.6 is 12.8 Å². The van der Waals surface area contributed by atoms with Crippen molar-refractivity contribution in [3.8, 4) is 5.75 Å². The Balaban J connectivity index is 2.08. The van der Waals surface area contributed by atoms with Crippen molar-refractivity contribution >= 4 is 24.1 Å². The van der Waals surface area contributed by atoms with Crippen LogP contribution in [0, 0.1) is 0 Å². The maximum Gasteiger partial charge on any atom is 0.416 e. The number of benzene rings is 2. The van der Waals surface area contributed by atoms with E-state index in [-0.39, 0.29) is 0 Å². The van der Waals surface area contributed by atoms with Crippen molar-refractivity contribution in [3.05, 3.63) is 65.2 Å². The van der Waals surface area contributed by atoms with Crippen molar-refractivity contribution in [3.63, 3.8) is 0 Å². The molecule has 0 spiro atoms. The largest absolute Gasteiger partial charge is 0.483 e. The van der Waals surface area contributed by atoms with Crippen LogP contribution in [0.4, 0.5) is 18.9 Å². The van der Waals surface area contributed by atoms with E-state index in [4.69, 9.17) is 4.74 Å². The van der Waals surface area contributed by atoms with Crippen LogP contribution in [0.2, 0.25) is 0 Å². The minimum absolute atomic E-state index is 0.569. The third-order valence-corrected chi connectivity index (χ3v) is 4.05. The molecule has 6 heteroatoms. The molecule has 1 heterocycles. The lowest BCUT2D eigenvalue weighted by atomic mass is 9.89. The monoisotopic (exact) mass is 351 g/mol. The number of anilines is 1. The lowest BCUT2D eigenvalue weighted by molar-refractivity contribution is -0.137. The third-order valence-electron chi connectivity index (χ3n) is 3.79. The summed E-state index contributed by atoms with van der Waals surface area (Å²) in [4.78, 5) is 0. The van der Waals surface area contributed by atoms with Crippen molar-refractivity contribution in [2.45, 2.75) is 25.6 Å². The molecule has 0 aliphatic carbocycles. The zero-order valence-corrected chi connectivity index (χ0v) is 14.0. The average Bonchev–Trinajstić information content (AvgIpc) is 2.52. The molecule has 0 unspecified atom stereocenters. The van der Waals surface area contributed by atoms with Crippen molar-refractivity contribution in [2.24, 2.45) is 0 Å². The Kier molecular flexibility index (Phi) is 4.03. The predicted octanol–water partition coefficient (Wildman–Crippen LogP) is 5.56. The first-order valence-electron chi connectivity index (χ1n) is 7.34. The molecule has 2 nitrogen and oxygen atoms in total. The molecule has 24 heavy (non-hydrogen) atoms. The number of ether oxygens (including phenoxy) is 1. The van der Waals surface area contributed by atoms with Crippen LogP contribution in [0.3, 0.4) is 0 Å². The molecule has 0 saturated heterocycles. The SMILES string of the molecule is CC1(C)C=C(c2ccc(C(F)(F)F)cc2)c2ccc(NS)cc2O1. The van der Waals surface area contributed by atoms with E-state index in [1.807, 2.05) is 38.1 Å². The molecular formula is C18H16F3NOS. The standard InChI is InChI=1S/C18H16F3NOS/c1-17(2)10-15(11-3-5-12(6-4-11)18(19,20)21)14-8-7-13(22-24)9-16(14)23-17/h3-10,22,24H,1-2H3. The van der Waals surface area contributed by atoms with E-state index in [1.54, 1.807) is 0 Å². The fourth-order valence-electron chi connectivity index (χ4n) is 2.71. The first-order valence-corrected chi connectivity index (χ1v) is 7.78. The molecule has 126 valence electrons. The van der Waals surface area contributed by atoms with Gasteiger partial charge < -0.3 is 9.46 Å². The Morgan fingerprint density at radius 2 is 1.71 bits per heavy atom. The Labute approximate surface area is 143 Å². The molecule has 2 aromatic carbocycles. The molecule has 1 aliphatic rings. The van der Waals surface area contributed by atoms with Gasteiger partial charge in [0.15, 0.2) is 0 Å². The molecular weight excluding hydrogens is 335 g/mol. The maximum atomic E-state index is 12.8. The van der Waals surface area contributed by atoms with Crippen LogP contribution in [-0.2, 0) is 6.18 Å². The van der Waals surface area contributed by atoms with Gasteiger partial charge in [-0.05, 0) is 55.3 Å². The quantitative estimate of drug-likeness (QED) is 0.691. The second-order valence-corrected chi connectivity index (χ2v) is 6.38. The lowest BCUT2D eigenvalue weighted by Crippen LogP contribution is -2.29. The van der Waals surface area contributed by atoms with E-state index in [1.165, 1.54) is 12.1 Å². The van der Waals surface area contributed by atoms with Gasteiger partial charge in [0.1, 0.15) is 11.4 Å². The van der Waals surface area contributed by atoms with Crippen molar-refractivity contribution in [2.75, 3.05) is 4.72 Å². The van der Waals surface area contributed by atoms with E-state index in [0.717, 1.165) is 29.0 Å². The van der Waals surface area contributed by atoms with Crippen molar-refractivity contribution in [1.29, 1.82) is 0 Å². The molecule has 0 radical (unpaired) electrons. The highest BCUT2D eigenvalue weighted by atomic mass is 32.1. The van der Waals surface area contributed by atoms with Crippen LogP contribution in [0.25, 0.3) is 5.57 Å². The molecule has 0 amide bonds. The second kappa shape index (κ2) is 5.77. The zero-order chi connectivity index (χ0) is 17.5. The molecule has 1 N–H and O–H groups in total. The number of hydrogen-bond acceptors (Lipinski definition) is 3. The summed E-state index contributed by atoms with van der Waals surface area (Å²) in [5.74, 6) is 0.663. The van der Waals surface area contributed by atoms with Crippen molar-refractivity contribution in [1.82, 2.24) is 0 Å². The average molecular weight is 351 g/mol. The summed E-state index contributed by atoms with van der Waals surface area (Å²) in [5.41, 5.74) is 1.95. The Morgan fingerprint density at radius 1 is 1.04 bits per heavy atom. The lowest BCUT2D eigenvalue weighted by Gasteiger charge is -2.31. The van der Waals surface area contributed by atoms with Gasteiger partial charge in [-0.1, -0.05) is 24.9 Å². The van der Waals surface area contributed by atoms with Crippen LogP contribution in [0.15, 0.2) is 48.5 Å². The van der Waals surface area contributed by atoms with Gasteiger partial charge >= 0.3 is 6.18 Å². The molecule has 0 bridgehead atoms. The van der Waals surface area contributed by atoms with E-state index < -0.39 is 17.3 Å². The molecule has 0 fully saturated rings. The third kappa shape index (κ3) is 3.24. The fourth-order valence-corrected chi connectivity index (χ4v) is 2.85. The smallest absolute Gasteiger partial charge is 0.416 e. The van der Waals surface area contributed by atoms with E-state index in [9.17, 15) is 13.2 Å². The first kappa shape index (κ1) is 16.8. The topological polar surface area (TPSA) is 21.3 Å². The number of rotatable bonds is 2. The van der Waals surface area contributed by atoms with Gasteiger partial charge in [-0.2, -0.15) is 13.2 Å². The summed E-state index contributed by atoms with van der Waals surface area (Å²) in [6, 6.07) is 10.7. The molecule has 3 rings (SSSR count). The normalized spacial score (nSPS) is 16.0. The number of alkyl halides is 3. The Hall–Kier alpha value is -2.08. The second-order valence-electron chi connectivity index (χ2n) is 6.16. The number of halogens is 3. The minimum atomic E-state index is -4.34. The first-order chi connectivity index (χ1) is 11.2. The van der Waals surface area contributed by atoms with Crippen LogP contribution < -0.4 is 9.46 Å². The number of thiol groups is 1. The molecule has 0 atom stereocenters. The van der Waals surface area contributed by atoms with Gasteiger partial charge in [-0.15, -0.1) is 0 Å². The molecule has 1 aliphatic heterocycles. The van der Waals surface area contributed by atoms with Crippen LogP contribution in [0.1, 0.15) is 30.5 Å². The van der Waals surface area contributed by atoms with Gasteiger partial charge in [0.05, 0.1) is 5.56 Å². The van der Waals surface area contributed by atoms with Gasteiger partial charge in [-0.3, -0.25) is 0 Å². The highest BCUT2D eigenvalue weighted by Gasteiger charge is 2.31. The predicted molar refractivity (Wildman–Crippen MR) is 92.3 cm³/mol. The Bertz CT molecular complexity index is 795. The van der Waals surface area contributed by atoms with Crippen molar-refractivity contribution < 1.29 is 17.9 Å². The summed E-state index contributed by atoms with van der Waals surface area (Å²) >= 11 is 4.02. The molecule has 2 aromatic rings. The van der Waals surface area contributed by atoms with Crippen LogP contribution in [-0.4, -0.2) is 5.60 Å². The fraction of sp³-hybridized carbons (Fsp3) is 0.222. The van der Waals surface area contributed by atoms with Gasteiger partial charge in [-0.25, -0.2) is 0 Å². The van der Waals surface area contributed by atoms with Gasteiger partial charge in [0.25, 0.3) is 0 Å². The summed E-state index contributed by atoms with van der Waals surface area (Å²) in [7, 11) is 0. The number of hydrogen-bond donors (Lipinski definition) is 2. The summed E-state index contributed by atoms with van der Waals surface area (Å²) in [5, 5.41) is 0.